The third kappa shape index (κ3) is 7.99. The van der Waals surface area contributed by atoms with E-state index in [1.165, 1.54) is 0 Å². The maximum absolute atomic E-state index is 13.7. The Labute approximate surface area is 209 Å². The number of rotatable bonds is 11. The van der Waals surface area contributed by atoms with Crippen LogP contribution in [-0.4, -0.2) is 36.4 Å². The minimum Gasteiger partial charge on any atom is -0.497 e. The molecule has 0 bridgehead atoms. The molecule has 0 aliphatic heterocycles. The van der Waals surface area contributed by atoms with Gasteiger partial charge in [-0.15, -0.1) is 0 Å². The third-order valence-corrected chi connectivity index (χ3v) is 5.94. The second-order valence-electron chi connectivity index (χ2n) is 9.38. The van der Waals surface area contributed by atoms with Crippen molar-refractivity contribution in [3.8, 4) is 5.75 Å². The molecule has 0 saturated heterocycles. The predicted octanol–water partition coefficient (Wildman–Crippen LogP) is 4.96. The molecular formula is C30H36N2O3. The van der Waals surface area contributed by atoms with Crippen LogP contribution in [0.2, 0.25) is 0 Å². The summed E-state index contributed by atoms with van der Waals surface area (Å²) >= 11 is 0. The zero-order chi connectivity index (χ0) is 25.2. The van der Waals surface area contributed by atoms with Gasteiger partial charge in [0.15, 0.2) is 0 Å². The summed E-state index contributed by atoms with van der Waals surface area (Å²) in [6.45, 7) is 7.09. The summed E-state index contributed by atoms with van der Waals surface area (Å²) in [6, 6.07) is 24.9. The van der Waals surface area contributed by atoms with Gasteiger partial charge in [-0.3, -0.25) is 9.59 Å². The van der Waals surface area contributed by atoms with E-state index in [0.717, 1.165) is 28.0 Å². The molecule has 1 N–H and O–H groups in total. The van der Waals surface area contributed by atoms with Crippen LogP contribution in [0.3, 0.4) is 0 Å². The summed E-state index contributed by atoms with van der Waals surface area (Å²) in [5.41, 5.74) is 4.04. The van der Waals surface area contributed by atoms with E-state index in [1.807, 2.05) is 85.8 Å². The van der Waals surface area contributed by atoms with Gasteiger partial charge < -0.3 is 15.0 Å². The topological polar surface area (TPSA) is 58.6 Å². The average Bonchev–Trinajstić information content (AvgIpc) is 2.86. The fourth-order valence-electron chi connectivity index (χ4n) is 3.89. The Morgan fingerprint density at radius 2 is 1.49 bits per heavy atom. The van der Waals surface area contributed by atoms with Gasteiger partial charge in [-0.05, 0) is 41.7 Å². The van der Waals surface area contributed by atoms with Crippen LogP contribution in [0.4, 0.5) is 0 Å². The van der Waals surface area contributed by atoms with Crippen LogP contribution in [-0.2, 0) is 29.0 Å². The van der Waals surface area contributed by atoms with E-state index in [-0.39, 0.29) is 18.2 Å². The Bertz CT molecular complexity index is 1080. The largest absolute Gasteiger partial charge is 0.497 e. The molecule has 3 aromatic carbocycles. The number of nitrogens with one attached hydrogen (secondary N) is 1. The second kappa shape index (κ2) is 12.7. The summed E-state index contributed by atoms with van der Waals surface area (Å²) in [7, 11) is 1.62. The molecule has 35 heavy (non-hydrogen) atoms. The lowest BCUT2D eigenvalue weighted by atomic mass is 10.0. The Hall–Kier alpha value is -3.60. The SMILES string of the molecule is COc1ccc(CC(=O)N(Cc2ccc(C)cc2)[C@H](Cc2ccccc2)C(=O)NCC(C)C)cc1. The van der Waals surface area contributed by atoms with Crippen molar-refractivity contribution in [1.82, 2.24) is 10.2 Å². The van der Waals surface area contributed by atoms with Crippen molar-refractivity contribution in [1.29, 1.82) is 0 Å². The highest BCUT2D eigenvalue weighted by Gasteiger charge is 2.30. The number of amides is 2. The van der Waals surface area contributed by atoms with Gasteiger partial charge in [0.25, 0.3) is 0 Å². The van der Waals surface area contributed by atoms with Crippen LogP contribution in [0.5, 0.6) is 5.75 Å². The van der Waals surface area contributed by atoms with Crippen LogP contribution in [0.15, 0.2) is 78.9 Å². The van der Waals surface area contributed by atoms with Crippen molar-refractivity contribution < 1.29 is 14.3 Å². The summed E-state index contributed by atoms with van der Waals surface area (Å²) in [5, 5.41) is 3.06. The highest BCUT2D eigenvalue weighted by Crippen LogP contribution is 2.18. The number of ether oxygens (including phenoxy) is 1. The fourth-order valence-corrected chi connectivity index (χ4v) is 3.89. The summed E-state index contributed by atoms with van der Waals surface area (Å²) in [4.78, 5) is 28.9. The first-order valence-electron chi connectivity index (χ1n) is 12.1. The van der Waals surface area contributed by atoms with Crippen molar-refractivity contribution in [2.75, 3.05) is 13.7 Å². The van der Waals surface area contributed by atoms with E-state index in [9.17, 15) is 9.59 Å². The molecule has 0 fully saturated rings. The van der Waals surface area contributed by atoms with Crippen molar-refractivity contribution >= 4 is 11.8 Å². The van der Waals surface area contributed by atoms with Gasteiger partial charge in [-0.25, -0.2) is 0 Å². The molecule has 2 amide bonds. The minimum atomic E-state index is -0.622. The molecule has 3 aromatic rings. The lowest BCUT2D eigenvalue weighted by Gasteiger charge is -2.32. The monoisotopic (exact) mass is 472 g/mol. The van der Waals surface area contributed by atoms with Gasteiger partial charge in [-0.2, -0.15) is 0 Å². The number of carbonyl (C=O) groups is 2. The lowest BCUT2D eigenvalue weighted by molar-refractivity contribution is -0.140. The number of aryl methyl sites for hydroxylation is 1. The highest BCUT2D eigenvalue weighted by molar-refractivity contribution is 5.88. The summed E-state index contributed by atoms with van der Waals surface area (Å²) in [6.07, 6.45) is 0.656. The molecule has 0 radical (unpaired) electrons. The first-order chi connectivity index (χ1) is 16.9. The zero-order valence-corrected chi connectivity index (χ0v) is 21.2. The van der Waals surface area contributed by atoms with Crippen LogP contribution < -0.4 is 10.1 Å². The highest BCUT2D eigenvalue weighted by atomic mass is 16.5. The van der Waals surface area contributed by atoms with Crippen molar-refractivity contribution in [3.63, 3.8) is 0 Å². The number of nitrogens with zero attached hydrogens (tertiary/aromatic N) is 1. The molecule has 0 unspecified atom stereocenters. The van der Waals surface area contributed by atoms with Crippen LogP contribution in [0, 0.1) is 12.8 Å². The van der Waals surface area contributed by atoms with Gasteiger partial charge in [0.05, 0.1) is 13.5 Å². The van der Waals surface area contributed by atoms with Crippen molar-refractivity contribution in [2.24, 2.45) is 5.92 Å². The number of hydrogen-bond donors (Lipinski definition) is 1. The molecule has 0 spiro atoms. The van der Waals surface area contributed by atoms with Gasteiger partial charge in [-0.1, -0.05) is 86.1 Å². The van der Waals surface area contributed by atoms with Crippen LogP contribution >= 0.6 is 0 Å². The molecule has 5 heteroatoms. The molecule has 3 rings (SSSR count). The Morgan fingerprint density at radius 3 is 2.09 bits per heavy atom. The summed E-state index contributed by atoms with van der Waals surface area (Å²) in [5.74, 6) is 0.846. The molecule has 0 aliphatic rings. The van der Waals surface area contributed by atoms with E-state index in [2.05, 4.69) is 19.2 Å². The van der Waals surface area contributed by atoms with Gasteiger partial charge in [0, 0.05) is 19.5 Å². The van der Waals surface area contributed by atoms with Crippen molar-refractivity contribution in [2.45, 2.75) is 46.2 Å². The maximum Gasteiger partial charge on any atom is 0.243 e. The normalized spacial score (nSPS) is 11.7. The van der Waals surface area contributed by atoms with Gasteiger partial charge in [0.1, 0.15) is 11.8 Å². The predicted molar refractivity (Wildman–Crippen MR) is 140 cm³/mol. The lowest BCUT2D eigenvalue weighted by Crippen LogP contribution is -2.51. The molecule has 0 aromatic heterocycles. The number of benzene rings is 3. The molecule has 0 saturated carbocycles. The fraction of sp³-hybridized carbons (Fsp3) is 0.333. The van der Waals surface area contributed by atoms with E-state index >= 15 is 0 Å². The van der Waals surface area contributed by atoms with Crippen LogP contribution in [0.25, 0.3) is 0 Å². The average molecular weight is 473 g/mol. The quantitative estimate of drug-likeness (QED) is 0.429. The van der Waals surface area contributed by atoms with Gasteiger partial charge in [0.2, 0.25) is 11.8 Å². The second-order valence-corrected chi connectivity index (χ2v) is 9.38. The van der Waals surface area contributed by atoms with E-state index in [4.69, 9.17) is 4.74 Å². The van der Waals surface area contributed by atoms with Gasteiger partial charge >= 0.3 is 0 Å². The number of methoxy groups -OCH3 is 1. The Balaban J connectivity index is 1.93. The first kappa shape index (κ1) is 26.0. The third-order valence-electron chi connectivity index (χ3n) is 5.94. The molecule has 0 heterocycles. The standard InChI is InChI=1S/C30H36N2O3/c1-22(2)20-31-30(34)28(18-24-8-6-5-7-9-24)32(21-26-12-10-23(3)11-13-26)29(33)19-25-14-16-27(35-4)17-15-25/h5-17,22,28H,18-21H2,1-4H3,(H,31,34)/t28-/m1/s1. The molecule has 184 valence electrons. The van der Waals surface area contributed by atoms with E-state index in [0.29, 0.717) is 25.4 Å². The molecule has 0 aliphatic carbocycles. The summed E-state index contributed by atoms with van der Waals surface area (Å²) < 4.78 is 5.24. The first-order valence-corrected chi connectivity index (χ1v) is 12.1. The molecule has 5 nitrogen and oxygen atoms in total. The smallest absolute Gasteiger partial charge is 0.243 e. The Morgan fingerprint density at radius 1 is 0.857 bits per heavy atom. The molecular weight excluding hydrogens is 436 g/mol. The number of carbonyl (C=O) groups excluding carboxylic acids is 2. The zero-order valence-electron chi connectivity index (χ0n) is 21.2. The van der Waals surface area contributed by atoms with Crippen molar-refractivity contribution in [3.05, 3.63) is 101 Å². The maximum atomic E-state index is 13.7. The van der Waals surface area contributed by atoms with E-state index < -0.39 is 6.04 Å². The number of hydrogen-bond acceptors (Lipinski definition) is 3. The minimum absolute atomic E-state index is 0.0867. The van der Waals surface area contributed by atoms with E-state index in [1.54, 1.807) is 12.0 Å². The molecule has 1 atom stereocenters. The van der Waals surface area contributed by atoms with Crippen LogP contribution in [0.1, 0.15) is 36.1 Å². The Kier molecular flexibility index (Phi) is 9.47.